The van der Waals surface area contributed by atoms with Crippen molar-refractivity contribution >= 4 is 17.6 Å². The van der Waals surface area contributed by atoms with Crippen LogP contribution in [0.5, 0.6) is 11.5 Å². The number of carbonyl (C=O) groups excluding carboxylic acids is 2. The number of nitrogens with one attached hydrogen (secondary N) is 1. The van der Waals surface area contributed by atoms with E-state index in [0.29, 0.717) is 49.1 Å². The number of aromatic nitrogens is 1. The minimum atomic E-state index is -4.43. The van der Waals surface area contributed by atoms with Gasteiger partial charge in [0.25, 0.3) is 5.91 Å². The van der Waals surface area contributed by atoms with E-state index in [1.165, 1.54) is 26.4 Å². The highest BCUT2D eigenvalue weighted by molar-refractivity contribution is 5.97. The molecule has 172 valence electrons. The largest absolute Gasteiger partial charge is 0.493 e. The summed E-state index contributed by atoms with van der Waals surface area (Å²) in [5.41, 5.74) is -0.478. The first-order valence-corrected chi connectivity index (χ1v) is 9.79. The number of hydrogen-bond acceptors (Lipinski definition) is 6. The number of ether oxygens (including phenoxy) is 2. The zero-order chi connectivity index (χ0) is 23.3. The number of carbonyl (C=O) groups is 2. The van der Waals surface area contributed by atoms with E-state index in [2.05, 4.69) is 10.3 Å². The molecule has 3 rings (SSSR count). The smallest absolute Gasteiger partial charge is 0.417 e. The van der Waals surface area contributed by atoms with Crippen LogP contribution in [0.15, 0.2) is 36.5 Å². The van der Waals surface area contributed by atoms with Gasteiger partial charge in [-0.1, -0.05) is 0 Å². The second-order valence-electron chi connectivity index (χ2n) is 7.02. The first-order chi connectivity index (χ1) is 15.2. The molecule has 0 aliphatic carbocycles. The van der Waals surface area contributed by atoms with Crippen molar-refractivity contribution in [3.63, 3.8) is 0 Å². The van der Waals surface area contributed by atoms with Crippen molar-refractivity contribution in [1.82, 2.24) is 15.2 Å². The van der Waals surface area contributed by atoms with Crippen molar-refractivity contribution in [3.05, 3.63) is 47.7 Å². The summed E-state index contributed by atoms with van der Waals surface area (Å²) in [7, 11) is 2.95. The third-order valence-electron chi connectivity index (χ3n) is 5.08. The maximum absolute atomic E-state index is 12.7. The van der Waals surface area contributed by atoms with Gasteiger partial charge in [-0.05, 0) is 30.3 Å². The van der Waals surface area contributed by atoms with Crippen LogP contribution in [0.1, 0.15) is 15.9 Å². The molecule has 1 aromatic heterocycles. The molecule has 1 aliphatic rings. The molecule has 0 bridgehead atoms. The Bertz CT molecular complexity index is 959. The number of nitrogens with zero attached hydrogens (tertiary/aromatic N) is 3. The van der Waals surface area contributed by atoms with E-state index in [0.717, 1.165) is 12.3 Å². The Morgan fingerprint density at radius 2 is 1.72 bits per heavy atom. The fraction of sp³-hybridized carbons (Fsp3) is 0.381. The molecule has 2 heterocycles. The predicted molar refractivity (Wildman–Crippen MR) is 110 cm³/mol. The van der Waals surface area contributed by atoms with Gasteiger partial charge in [0.2, 0.25) is 5.91 Å². The summed E-state index contributed by atoms with van der Waals surface area (Å²) in [6.45, 7) is 1.41. The van der Waals surface area contributed by atoms with E-state index < -0.39 is 17.6 Å². The Balaban J connectivity index is 1.50. The fourth-order valence-electron chi connectivity index (χ4n) is 3.27. The number of piperazine rings is 1. The number of rotatable bonds is 6. The molecule has 11 heteroatoms. The van der Waals surface area contributed by atoms with Crippen molar-refractivity contribution < 1.29 is 32.2 Å². The molecule has 2 aromatic rings. The lowest BCUT2D eigenvalue weighted by molar-refractivity contribution is -0.137. The zero-order valence-corrected chi connectivity index (χ0v) is 17.6. The summed E-state index contributed by atoms with van der Waals surface area (Å²) in [4.78, 5) is 32.1. The summed E-state index contributed by atoms with van der Waals surface area (Å²) >= 11 is 0. The van der Waals surface area contributed by atoms with Crippen molar-refractivity contribution in [2.24, 2.45) is 0 Å². The van der Waals surface area contributed by atoms with E-state index >= 15 is 0 Å². The predicted octanol–water partition coefficient (Wildman–Crippen LogP) is 2.20. The van der Waals surface area contributed by atoms with Gasteiger partial charge in [0.15, 0.2) is 11.5 Å². The molecule has 0 atom stereocenters. The van der Waals surface area contributed by atoms with E-state index in [4.69, 9.17) is 9.47 Å². The summed E-state index contributed by atoms with van der Waals surface area (Å²) < 4.78 is 48.3. The molecule has 32 heavy (non-hydrogen) atoms. The van der Waals surface area contributed by atoms with Crippen LogP contribution in [0.25, 0.3) is 0 Å². The molecular formula is C21H23F3N4O4. The average Bonchev–Trinajstić information content (AvgIpc) is 2.81. The molecule has 0 unspecified atom stereocenters. The monoisotopic (exact) mass is 452 g/mol. The molecule has 0 radical (unpaired) electrons. The molecule has 2 amide bonds. The number of anilines is 1. The second-order valence-corrected chi connectivity index (χ2v) is 7.02. The van der Waals surface area contributed by atoms with Gasteiger partial charge >= 0.3 is 6.18 Å². The molecule has 0 spiro atoms. The SMILES string of the molecule is COc1ccc(C(=O)NCC(=O)N2CCN(c3ccc(C(F)(F)F)cn3)CC2)cc1OC. The van der Waals surface area contributed by atoms with Crippen molar-refractivity contribution in [3.8, 4) is 11.5 Å². The normalized spacial score (nSPS) is 14.2. The van der Waals surface area contributed by atoms with Crippen LogP contribution in [-0.2, 0) is 11.0 Å². The van der Waals surface area contributed by atoms with E-state index in [9.17, 15) is 22.8 Å². The number of pyridine rings is 1. The van der Waals surface area contributed by atoms with Crippen LogP contribution < -0.4 is 19.7 Å². The van der Waals surface area contributed by atoms with Gasteiger partial charge in [-0.15, -0.1) is 0 Å². The third-order valence-corrected chi connectivity index (χ3v) is 5.08. The molecule has 1 saturated heterocycles. The van der Waals surface area contributed by atoms with Gasteiger partial charge < -0.3 is 24.6 Å². The lowest BCUT2D eigenvalue weighted by Gasteiger charge is -2.35. The number of methoxy groups -OCH3 is 2. The minimum absolute atomic E-state index is 0.175. The maximum Gasteiger partial charge on any atom is 0.417 e. The first-order valence-electron chi connectivity index (χ1n) is 9.79. The number of halogens is 3. The number of alkyl halides is 3. The Morgan fingerprint density at radius 3 is 2.28 bits per heavy atom. The van der Waals surface area contributed by atoms with Gasteiger partial charge in [0.1, 0.15) is 5.82 Å². The van der Waals surface area contributed by atoms with E-state index in [-0.39, 0.29) is 12.5 Å². The van der Waals surface area contributed by atoms with Crippen LogP contribution >= 0.6 is 0 Å². The molecule has 1 N–H and O–H groups in total. The second kappa shape index (κ2) is 9.75. The molecule has 0 saturated carbocycles. The number of amides is 2. The number of benzene rings is 1. The van der Waals surface area contributed by atoms with E-state index in [1.54, 1.807) is 17.0 Å². The highest BCUT2D eigenvalue weighted by atomic mass is 19.4. The van der Waals surface area contributed by atoms with Gasteiger partial charge in [0, 0.05) is 37.9 Å². The molecular weight excluding hydrogens is 429 g/mol. The summed E-state index contributed by atoms with van der Waals surface area (Å²) in [6.07, 6.45) is -3.63. The molecule has 1 aliphatic heterocycles. The van der Waals surface area contributed by atoms with Crippen LogP contribution in [-0.4, -0.2) is 68.6 Å². The highest BCUT2D eigenvalue weighted by Crippen LogP contribution is 2.29. The Morgan fingerprint density at radius 1 is 1.03 bits per heavy atom. The first kappa shape index (κ1) is 23.2. The number of hydrogen-bond donors (Lipinski definition) is 1. The Hall–Kier alpha value is -3.50. The van der Waals surface area contributed by atoms with Crippen LogP contribution in [0, 0.1) is 0 Å². The van der Waals surface area contributed by atoms with E-state index in [1.807, 2.05) is 4.90 Å². The maximum atomic E-state index is 12.7. The van der Waals surface area contributed by atoms with Gasteiger partial charge in [-0.3, -0.25) is 9.59 Å². The van der Waals surface area contributed by atoms with Crippen molar-refractivity contribution in [2.45, 2.75) is 6.18 Å². The molecule has 1 aromatic carbocycles. The van der Waals surface area contributed by atoms with Crippen LogP contribution in [0.2, 0.25) is 0 Å². The van der Waals surface area contributed by atoms with Crippen molar-refractivity contribution in [2.75, 3.05) is 51.8 Å². The van der Waals surface area contributed by atoms with Crippen LogP contribution in [0.4, 0.5) is 19.0 Å². The van der Waals surface area contributed by atoms with Gasteiger partial charge in [-0.25, -0.2) is 4.98 Å². The Kier molecular flexibility index (Phi) is 7.06. The molecule has 8 nitrogen and oxygen atoms in total. The van der Waals surface area contributed by atoms with Gasteiger partial charge in [-0.2, -0.15) is 13.2 Å². The minimum Gasteiger partial charge on any atom is -0.493 e. The summed E-state index contributed by atoms with van der Waals surface area (Å²) in [5.74, 6) is 0.637. The Labute approximate surface area is 182 Å². The lowest BCUT2D eigenvalue weighted by atomic mass is 10.2. The summed E-state index contributed by atoms with van der Waals surface area (Å²) in [6, 6.07) is 7.00. The van der Waals surface area contributed by atoms with Gasteiger partial charge in [0.05, 0.1) is 26.3 Å². The average molecular weight is 452 g/mol. The highest BCUT2D eigenvalue weighted by Gasteiger charge is 2.31. The fourth-order valence-corrected chi connectivity index (χ4v) is 3.27. The molecule has 1 fully saturated rings. The third kappa shape index (κ3) is 5.40. The zero-order valence-electron chi connectivity index (χ0n) is 17.6. The summed E-state index contributed by atoms with van der Waals surface area (Å²) in [5, 5.41) is 2.59. The van der Waals surface area contributed by atoms with Crippen molar-refractivity contribution in [1.29, 1.82) is 0 Å². The topological polar surface area (TPSA) is 84.0 Å². The quantitative estimate of drug-likeness (QED) is 0.724. The van der Waals surface area contributed by atoms with Crippen LogP contribution in [0.3, 0.4) is 0 Å². The lowest BCUT2D eigenvalue weighted by Crippen LogP contribution is -2.51. The standard InChI is InChI=1S/C21H23F3N4O4/c1-31-16-5-3-14(11-17(16)32-2)20(30)26-13-19(29)28-9-7-27(8-10-28)18-6-4-15(12-25-18)21(22,23)24/h3-6,11-12H,7-10,13H2,1-2H3,(H,26,30).